The Morgan fingerprint density at radius 1 is 1.44 bits per heavy atom. The van der Waals surface area contributed by atoms with E-state index in [-0.39, 0.29) is 23.0 Å². The molecule has 2 N–H and O–H groups in total. The number of halogens is 2. The first-order chi connectivity index (χ1) is 8.21. The van der Waals surface area contributed by atoms with E-state index >= 15 is 0 Å². The summed E-state index contributed by atoms with van der Waals surface area (Å²) in [5.41, 5.74) is 5.57. The normalized spacial score (nSPS) is 12.4. The van der Waals surface area contributed by atoms with Crippen molar-refractivity contribution in [3.8, 4) is 0 Å². The summed E-state index contributed by atoms with van der Waals surface area (Å²) in [5.74, 6) is -0.784. The van der Waals surface area contributed by atoms with E-state index in [0.717, 1.165) is 4.31 Å². The van der Waals surface area contributed by atoms with E-state index in [2.05, 4.69) is 15.9 Å². The van der Waals surface area contributed by atoms with E-state index in [1.165, 1.54) is 19.2 Å². The zero-order valence-electron chi connectivity index (χ0n) is 10.4. The third-order valence-corrected chi connectivity index (χ3v) is 5.17. The molecule has 0 saturated heterocycles. The second kappa shape index (κ2) is 5.64. The van der Waals surface area contributed by atoms with Crippen LogP contribution in [0.5, 0.6) is 0 Å². The lowest BCUT2D eigenvalue weighted by Crippen LogP contribution is -2.33. The lowest BCUT2D eigenvalue weighted by Gasteiger charge is -2.22. The molecule has 7 heteroatoms. The van der Waals surface area contributed by atoms with Gasteiger partial charge >= 0.3 is 0 Å². The fourth-order valence-corrected chi connectivity index (χ4v) is 3.54. The highest BCUT2D eigenvalue weighted by atomic mass is 79.9. The van der Waals surface area contributed by atoms with Crippen molar-refractivity contribution in [1.82, 2.24) is 4.31 Å². The van der Waals surface area contributed by atoms with Gasteiger partial charge in [0.2, 0.25) is 10.0 Å². The average molecular weight is 339 g/mol. The second-order valence-corrected chi connectivity index (χ2v) is 7.08. The quantitative estimate of drug-likeness (QED) is 0.914. The molecule has 0 unspecified atom stereocenters. The van der Waals surface area contributed by atoms with Crippen LogP contribution < -0.4 is 5.73 Å². The molecular formula is C11H16BrFN2O2S. The highest BCUT2D eigenvalue weighted by Gasteiger charge is 2.27. The SMILES string of the molecule is CC(C)N(C)S(=O)(=O)c1cc(Br)cc(CN)c1F. The first-order valence-corrected chi connectivity index (χ1v) is 7.61. The number of benzene rings is 1. The molecule has 0 radical (unpaired) electrons. The molecule has 0 aliphatic rings. The van der Waals surface area contributed by atoms with Gasteiger partial charge in [0.05, 0.1) is 0 Å². The molecule has 0 fully saturated rings. The summed E-state index contributed by atoms with van der Waals surface area (Å²) in [6.07, 6.45) is 0. The van der Waals surface area contributed by atoms with Gasteiger partial charge in [-0.1, -0.05) is 15.9 Å². The van der Waals surface area contributed by atoms with Crippen molar-refractivity contribution in [3.63, 3.8) is 0 Å². The standard InChI is InChI=1S/C11H16BrFN2O2S/c1-7(2)15(3)18(16,17)10-5-9(12)4-8(6-14)11(10)13/h4-5,7H,6,14H2,1-3H3. The third kappa shape index (κ3) is 2.90. The zero-order valence-corrected chi connectivity index (χ0v) is 12.8. The van der Waals surface area contributed by atoms with Gasteiger partial charge in [-0.05, 0) is 26.0 Å². The highest BCUT2D eigenvalue weighted by molar-refractivity contribution is 9.10. The molecular weight excluding hydrogens is 323 g/mol. The van der Waals surface area contributed by atoms with Gasteiger partial charge in [-0.2, -0.15) is 4.31 Å². The molecule has 1 aromatic carbocycles. The summed E-state index contributed by atoms with van der Waals surface area (Å²) in [6, 6.07) is 2.47. The molecule has 0 heterocycles. The Hall–Kier alpha value is -0.500. The van der Waals surface area contributed by atoms with E-state index in [9.17, 15) is 12.8 Å². The Morgan fingerprint density at radius 3 is 2.44 bits per heavy atom. The van der Waals surface area contributed by atoms with Crippen molar-refractivity contribution >= 4 is 26.0 Å². The van der Waals surface area contributed by atoms with Crippen molar-refractivity contribution in [2.45, 2.75) is 31.3 Å². The van der Waals surface area contributed by atoms with Crippen LogP contribution >= 0.6 is 15.9 Å². The van der Waals surface area contributed by atoms with Crippen LogP contribution in [0.4, 0.5) is 4.39 Å². The fraction of sp³-hybridized carbons (Fsp3) is 0.455. The summed E-state index contributed by atoms with van der Waals surface area (Å²) >= 11 is 3.16. The van der Waals surface area contributed by atoms with Crippen LogP contribution in [0.15, 0.2) is 21.5 Å². The van der Waals surface area contributed by atoms with Crippen molar-refractivity contribution in [1.29, 1.82) is 0 Å². The van der Waals surface area contributed by atoms with Crippen LogP contribution in [0.2, 0.25) is 0 Å². The highest BCUT2D eigenvalue weighted by Crippen LogP contribution is 2.26. The van der Waals surface area contributed by atoms with Gasteiger partial charge in [0.25, 0.3) is 0 Å². The van der Waals surface area contributed by atoms with Gasteiger partial charge in [0.15, 0.2) is 0 Å². The number of rotatable bonds is 4. The number of nitrogens with two attached hydrogens (primary N) is 1. The minimum absolute atomic E-state index is 0.0564. The van der Waals surface area contributed by atoms with Crippen LogP contribution in [-0.4, -0.2) is 25.8 Å². The van der Waals surface area contributed by atoms with Crippen LogP contribution in [-0.2, 0) is 16.6 Å². The van der Waals surface area contributed by atoms with E-state index in [0.29, 0.717) is 4.47 Å². The molecule has 0 aliphatic heterocycles. The number of hydrogen-bond acceptors (Lipinski definition) is 3. The molecule has 18 heavy (non-hydrogen) atoms. The molecule has 4 nitrogen and oxygen atoms in total. The molecule has 0 bridgehead atoms. The predicted octanol–water partition coefficient (Wildman–Crippen LogP) is 2.08. The minimum atomic E-state index is -3.85. The maximum absolute atomic E-state index is 14.1. The predicted molar refractivity (Wildman–Crippen MR) is 72.1 cm³/mol. The number of nitrogens with zero attached hydrogens (tertiary/aromatic N) is 1. The molecule has 0 amide bonds. The molecule has 0 spiro atoms. The first-order valence-electron chi connectivity index (χ1n) is 5.37. The monoisotopic (exact) mass is 338 g/mol. The number of sulfonamides is 1. The third-order valence-electron chi connectivity index (χ3n) is 2.68. The van der Waals surface area contributed by atoms with Gasteiger partial charge in [-0.15, -0.1) is 0 Å². The van der Waals surface area contributed by atoms with Crippen molar-refractivity contribution < 1.29 is 12.8 Å². The van der Waals surface area contributed by atoms with Crippen molar-refractivity contribution in [2.75, 3.05) is 7.05 Å². The largest absolute Gasteiger partial charge is 0.326 e. The summed E-state index contributed by atoms with van der Waals surface area (Å²) < 4.78 is 40.2. The summed E-state index contributed by atoms with van der Waals surface area (Å²) in [7, 11) is -2.43. The zero-order chi connectivity index (χ0) is 14.1. The van der Waals surface area contributed by atoms with Gasteiger partial charge in [-0.25, -0.2) is 12.8 Å². The van der Waals surface area contributed by atoms with Crippen molar-refractivity contribution in [3.05, 3.63) is 28.0 Å². The van der Waals surface area contributed by atoms with Crippen LogP contribution in [0.25, 0.3) is 0 Å². The van der Waals surface area contributed by atoms with Gasteiger partial charge in [0.1, 0.15) is 10.7 Å². The van der Waals surface area contributed by atoms with E-state index < -0.39 is 15.8 Å². The average Bonchev–Trinajstić information content (AvgIpc) is 2.30. The van der Waals surface area contributed by atoms with Gasteiger partial charge in [0, 0.05) is 29.7 Å². The van der Waals surface area contributed by atoms with Gasteiger partial charge in [-0.3, -0.25) is 0 Å². The first kappa shape index (κ1) is 15.6. The van der Waals surface area contributed by atoms with E-state index in [1.54, 1.807) is 13.8 Å². The topological polar surface area (TPSA) is 63.4 Å². The number of hydrogen-bond donors (Lipinski definition) is 1. The molecule has 1 aromatic rings. The Kier molecular flexibility index (Phi) is 4.88. The van der Waals surface area contributed by atoms with Crippen LogP contribution in [0, 0.1) is 5.82 Å². The Bertz CT molecular complexity index is 546. The molecule has 102 valence electrons. The smallest absolute Gasteiger partial charge is 0.246 e. The van der Waals surface area contributed by atoms with Crippen LogP contribution in [0.3, 0.4) is 0 Å². The van der Waals surface area contributed by atoms with E-state index in [4.69, 9.17) is 5.73 Å². The van der Waals surface area contributed by atoms with Crippen molar-refractivity contribution in [2.24, 2.45) is 5.73 Å². The van der Waals surface area contributed by atoms with E-state index in [1.807, 2.05) is 0 Å². The minimum Gasteiger partial charge on any atom is -0.326 e. The Labute approximate surface area is 115 Å². The molecule has 1 rings (SSSR count). The maximum Gasteiger partial charge on any atom is 0.246 e. The summed E-state index contributed by atoms with van der Waals surface area (Å²) in [5, 5.41) is 0. The van der Waals surface area contributed by atoms with Gasteiger partial charge < -0.3 is 5.73 Å². The lowest BCUT2D eigenvalue weighted by atomic mass is 10.2. The summed E-state index contributed by atoms with van der Waals surface area (Å²) in [6.45, 7) is 3.38. The molecule has 0 saturated carbocycles. The maximum atomic E-state index is 14.1. The summed E-state index contributed by atoms with van der Waals surface area (Å²) in [4.78, 5) is -0.353. The lowest BCUT2D eigenvalue weighted by molar-refractivity contribution is 0.406. The Morgan fingerprint density at radius 2 is 2.00 bits per heavy atom. The molecule has 0 aliphatic carbocycles. The fourth-order valence-electron chi connectivity index (χ4n) is 1.39. The molecule has 0 aromatic heterocycles. The molecule has 0 atom stereocenters. The second-order valence-electron chi connectivity index (χ2n) is 4.20. The van der Waals surface area contributed by atoms with Crippen LogP contribution in [0.1, 0.15) is 19.4 Å². The Balaban J connectivity index is 3.46.